The molecule has 4 rings (SSSR count). The molecule has 0 saturated heterocycles. The number of benzene rings is 4. The molecular formula is C34H35BrFN3O4S. The quantitative estimate of drug-likeness (QED) is 0.179. The molecule has 0 heterocycles. The maximum absolute atomic E-state index is 14.4. The largest absolute Gasteiger partial charge is 0.352 e. The Kier molecular flexibility index (Phi) is 11.3. The maximum Gasteiger partial charge on any atom is 0.264 e. The molecule has 0 bridgehead atoms. The Morgan fingerprint density at radius 3 is 2.02 bits per heavy atom. The van der Waals surface area contributed by atoms with Crippen molar-refractivity contribution in [3.63, 3.8) is 0 Å². The molecule has 0 radical (unpaired) electrons. The summed E-state index contributed by atoms with van der Waals surface area (Å²) < 4.78 is 43.4. The molecule has 0 unspecified atom stereocenters. The van der Waals surface area contributed by atoms with Crippen LogP contribution in [0, 0.1) is 5.82 Å². The Hall–Kier alpha value is -4.02. The summed E-state index contributed by atoms with van der Waals surface area (Å²) in [5.41, 5.74) is 1.88. The topological polar surface area (TPSA) is 86.8 Å². The second-order valence-corrected chi connectivity index (χ2v) is 13.3. The van der Waals surface area contributed by atoms with Crippen LogP contribution in [0.1, 0.15) is 31.4 Å². The summed E-state index contributed by atoms with van der Waals surface area (Å²) in [6.07, 6.45) is 0.920. The number of amides is 2. The third-order valence-corrected chi connectivity index (χ3v) is 9.58. The van der Waals surface area contributed by atoms with Crippen LogP contribution in [0.4, 0.5) is 10.1 Å². The Balaban J connectivity index is 1.78. The van der Waals surface area contributed by atoms with Gasteiger partial charge in [-0.05, 0) is 73.0 Å². The van der Waals surface area contributed by atoms with Crippen LogP contribution in [0.2, 0.25) is 0 Å². The van der Waals surface area contributed by atoms with Crippen molar-refractivity contribution in [1.82, 2.24) is 10.2 Å². The molecule has 0 aliphatic rings. The molecule has 4 aromatic carbocycles. The Labute approximate surface area is 266 Å². The standard InChI is InChI=1S/C34H35BrFN3O4S/c1-3-25(2)37-34(41)32(22-26-10-6-4-7-11-26)38(23-27-14-16-28(35)17-15-27)33(40)24-39(30-12-8-5-9-13-30)44(42,43)31-20-18-29(36)19-21-31/h4-21,25,32H,3,22-24H2,1-2H3,(H,37,41)/t25-,32+/m0/s1. The second kappa shape index (κ2) is 15.1. The van der Waals surface area contributed by atoms with Crippen molar-refractivity contribution in [2.45, 2.75) is 50.2 Å². The van der Waals surface area contributed by atoms with Crippen molar-refractivity contribution in [2.75, 3.05) is 10.8 Å². The Morgan fingerprint density at radius 1 is 0.841 bits per heavy atom. The SMILES string of the molecule is CC[C@H](C)NC(=O)[C@@H](Cc1ccccc1)N(Cc1ccc(Br)cc1)C(=O)CN(c1ccccc1)S(=O)(=O)c1ccc(F)cc1. The molecule has 0 aliphatic carbocycles. The number of halogens is 2. The number of rotatable bonds is 13. The van der Waals surface area contributed by atoms with E-state index in [0.717, 1.165) is 32.0 Å². The van der Waals surface area contributed by atoms with E-state index in [1.54, 1.807) is 30.3 Å². The predicted octanol–water partition coefficient (Wildman–Crippen LogP) is 6.34. The van der Waals surface area contributed by atoms with Gasteiger partial charge in [0.2, 0.25) is 11.8 Å². The average molecular weight is 681 g/mol. The summed E-state index contributed by atoms with van der Waals surface area (Å²) in [6, 6.07) is 28.4. The van der Waals surface area contributed by atoms with Gasteiger partial charge in [-0.3, -0.25) is 13.9 Å². The molecule has 0 spiro atoms. The van der Waals surface area contributed by atoms with Crippen molar-refractivity contribution in [2.24, 2.45) is 0 Å². The van der Waals surface area contributed by atoms with E-state index in [9.17, 15) is 22.4 Å². The minimum Gasteiger partial charge on any atom is -0.352 e. The molecule has 1 N–H and O–H groups in total. The molecule has 2 atom stereocenters. The van der Waals surface area contributed by atoms with Gasteiger partial charge >= 0.3 is 0 Å². The highest BCUT2D eigenvalue weighted by Gasteiger charge is 2.35. The number of carbonyl (C=O) groups excluding carboxylic acids is 2. The van der Waals surface area contributed by atoms with Gasteiger partial charge in [0.15, 0.2) is 0 Å². The van der Waals surface area contributed by atoms with E-state index in [-0.39, 0.29) is 35.5 Å². The fourth-order valence-electron chi connectivity index (χ4n) is 4.64. The number of nitrogens with one attached hydrogen (secondary N) is 1. The van der Waals surface area contributed by atoms with Crippen LogP contribution in [-0.4, -0.2) is 43.8 Å². The zero-order valence-electron chi connectivity index (χ0n) is 24.6. The van der Waals surface area contributed by atoms with Crippen molar-refractivity contribution in [3.05, 3.63) is 131 Å². The summed E-state index contributed by atoms with van der Waals surface area (Å²) in [5.74, 6) is -1.48. The lowest BCUT2D eigenvalue weighted by molar-refractivity contribution is -0.140. The zero-order valence-corrected chi connectivity index (χ0v) is 27.0. The van der Waals surface area contributed by atoms with Crippen molar-refractivity contribution >= 4 is 43.5 Å². The van der Waals surface area contributed by atoms with Crippen molar-refractivity contribution < 1.29 is 22.4 Å². The molecule has 10 heteroatoms. The lowest BCUT2D eigenvalue weighted by Crippen LogP contribution is -2.54. The number of anilines is 1. The number of para-hydroxylation sites is 1. The molecule has 4 aromatic rings. The monoisotopic (exact) mass is 679 g/mol. The fraction of sp³-hybridized carbons (Fsp3) is 0.235. The van der Waals surface area contributed by atoms with Crippen LogP contribution in [-0.2, 0) is 32.6 Å². The van der Waals surface area contributed by atoms with Crippen molar-refractivity contribution in [1.29, 1.82) is 0 Å². The van der Waals surface area contributed by atoms with Crippen LogP contribution < -0.4 is 9.62 Å². The normalized spacial score (nSPS) is 12.6. The summed E-state index contributed by atoms with van der Waals surface area (Å²) in [7, 11) is -4.29. The first kappa shape index (κ1) is 32.9. The molecule has 230 valence electrons. The Morgan fingerprint density at radius 2 is 1.43 bits per heavy atom. The summed E-state index contributed by atoms with van der Waals surface area (Å²) in [5, 5.41) is 3.02. The first-order valence-corrected chi connectivity index (χ1v) is 16.5. The number of hydrogen-bond acceptors (Lipinski definition) is 4. The highest BCUT2D eigenvalue weighted by molar-refractivity contribution is 9.10. The number of carbonyl (C=O) groups is 2. The Bertz CT molecular complexity index is 1640. The number of sulfonamides is 1. The zero-order chi connectivity index (χ0) is 31.7. The molecule has 2 amide bonds. The van der Waals surface area contributed by atoms with E-state index in [0.29, 0.717) is 6.42 Å². The predicted molar refractivity (Wildman–Crippen MR) is 174 cm³/mol. The molecule has 7 nitrogen and oxygen atoms in total. The molecule has 0 aliphatic heterocycles. The second-order valence-electron chi connectivity index (χ2n) is 10.5. The van der Waals surface area contributed by atoms with Gasteiger partial charge < -0.3 is 10.2 Å². The summed E-state index contributed by atoms with van der Waals surface area (Å²) in [6.45, 7) is 3.34. The van der Waals surface area contributed by atoms with Gasteiger partial charge in [0.25, 0.3) is 10.0 Å². The van der Waals surface area contributed by atoms with Gasteiger partial charge in [0.05, 0.1) is 10.6 Å². The minimum atomic E-state index is -4.29. The molecule has 0 fully saturated rings. The van der Waals surface area contributed by atoms with E-state index >= 15 is 0 Å². The van der Waals surface area contributed by atoms with Gasteiger partial charge in [-0.15, -0.1) is 0 Å². The molecule has 0 aromatic heterocycles. The van der Waals surface area contributed by atoms with Crippen LogP contribution in [0.25, 0.3) is 0 Å². The van der Waals surface area contributed by atoms with Gasteiger partial charge in [-0.25, -0.2) is 12.8 Å². The van der Waals surface area contributed by atoms with Gasteiger partial charge in [-0.1, -0.05) is 83.5 Å². The third-order valence-electron chi connectivity index (χ3n) is 7.26. The summed E-state index contributed by atoms with van der Waals surface area (Å²) in [4.78, 5) is 29.5. The lowest BCUT2D eigenvalue weighted by atomic mass is 10.0. The van der Waals surface area contributed by atoms with E-state index in [1.807, 2.05) is 68.4 Å². The van der Waals surface area contributed by atoms with E-state index < -0.39 is 34.3 Å². The van der Waals surface area contributed by atoms with Crippen LogP contribution in [0.3, 0.4) is 0 Å². The van der Waals surface area contributed by atoms with E-state index in [1.165, 1.54) is 17.0 Å². The first-order valence-electron chi connectivity index (χ1n) is 14.3. The number of nitrogens with zero attached hydrogens (tertiary/aromatic N) is 2. The van der Waals surface area contributed by atoms with Crippen LogP contribution >= 0.6 is 15.9 Å². The summed E-state index contributed by atoms with van der Waals surface area (Å²) >= 11 is 3.44. The lowest BCUT2D eigenvalue weighted by Gasteiger charge is -2.34. The van der Waals surface area contributed by atoms with Crippen LogP contribution in [0.15, 0.2) is 119 Å². The smallest absolute Gasteiger partial charge is 0.264 e. The molecule has 0 saturated carbocycles. The highest BCUT2D eigenvalue weighted by Crippen LogP contribution is 2.25. The third kappa shape index (κ3) is 8.54. The van der Waals surface area contributed by atoms with E-state index in [4.69, 9.17) is 0 Å². The first-order chi connectivity index (χ1) is 21.1. The fourth-order valence-corrected chi connectivity index (χ4v) is 6.32. The van der Waals surface area contributed by atoms with E-state index in [2.05, 4.69) is 21.2 Å². The van der Waals surface area contributed by atoms with Crippen LogP contribution in [0.5, 0.6) is 0 Å². The van der Waals surface area contributed by atoms with Gasteiger partial charge in [0, 0.05) is 23.5 Å². The number of hydrogen-bond donors (Lipinski definition) is 1. The average Bonchev–Trinajstić information content (AvgIpc) is 3.03. The van der Waals surface area contributed by atoms with Crippen molar-refractivity contribution in [3.8, 4) is 0 Å². The minimum absolute atomic E-state index is 0.0662. The van der Waals surface area contributed by atoms with Gasteiger partial charge in [0.1, 0.15) is 18.4 Å². The maximum atomic E-state index is 14.4. The molecule has 44 heavy (non-hydrogen) atoms. The van der Waals surface area contributed by atoms with Gasteiger partial charge in [-0.2, -0.15) is 0 Å². The highest BCUT2D eigenvalue weighted by atomic mass is 79.9. The molecular weight excluding hydrogens is 645 g/mol.